The van der Waals surface area contributed by atoms with Crippen molar-refractivity contribution in [2.24, 2.45) is 5.18 Å². The first-order valence-corrected chi connectivity index (χ1v) is 9.22. The second-order valence-electron chi connectivity index (χ2n) is 6.68. The summed E-state index contributed by atoms with van der Waals surface area (Å²) < 4.78 is 14.5. The summed E-state index contributed by atoms with van der Waals surface area (Å²) in [5.74, 6) is -0.0486. The average molecular weight is 357 g/mol. The number of nitroso groups, excluding NO2 is 1. The van der Waals surface area contributed by atoms with Crippen LogP contribution in [-0.2, 0) is 16.2 Å². The van der Waals surface area contributed by atoms with Crippen molar-refractivity contribution in [1.29, 1.82) is 0 Å². The molecule has 8 heteroatoms. The van der Waals surface area contributed by atoms with E-state index in [1.54, 1.807) is 18.2 Å². The minimum Gasteiger partial charge on any atom is -0.598 e. The number of carbonyl (C=O) groups is 1. The molecule has 1 rings (SSSR count). The third kappa shape index (κ3) is 7.57. The molecule has 1 amide bonds. The molecule has 0 heterocycles. The summed E-state index contributed by atoms with van der Waals surface area (Å²) in [6.07, 6.45) is 6.12. The maximum atomic E-state index is 11.9. The molecule has 3 atom stereocenters. The number of nitrogens with one attached hydrogen (secondary N) is 2. The van der Waals surface area contributed by atoms with Gasteiger partial charge in [0.05, 0.1) is 6.04 Å². The molecule has 0 saturated heterocycles. The molecule has 0 aromatic heterocycles. The molecule has 0 aromatic rings. The highest BCUT2D eigenvalue weighted by Gasteiger charge is 2.25. The lowest BCUT2D eigenvalue weighted by atomic mass is 10.0. The fraction of sp³-hybridized carbons (Fsp3) is 0.688. The molecule has 0 aromatic carbocycles. The Kier molecular flexibility index (Phi) is 8.61. The molecule has 2 unspecified atom stereocenters. The summed E-state index contributed by atoms with van der Waals surface area (Å²) in [6.45, 7) is 6.34. The molecule has 0 fully saturated rings. The number of carbonyl (C=O) groups excluding carboxylic acids is 1. The van der Waals surface area contributed by atoms with E-state index in [-0.39, 0.29) is 16.7 Å². The smallest absolute Gasteiger partial charge is 0.220 e. The van der Waals surface area contributed by atoms with Crippen molar-refractivity contribution in [3.05, 3.63) is 28.7 Å². The monoisotopic (exact) mass is 357 g/mol. The molecule has 1 aliphatic rings. The first kappa shape index (κ1) is 20.8. The lowest BCUT2D eigenvalue weighted by Crippen LogP contribution is -2.39. The van der Waals surface area contributed by atoms with Crippen LogP contribution in [0.3, 0.4) is 0 Å². The van der Waals surface area contributed by atoms with Gasteiger partial charge in [-0.1, -0.05) is 18.2 Å². The third-order valence-electron chi connectivity index (χ3n) is 3.49. The van der Waals surface area contributed by atoms with E-state index in [2.05, 4.69) is 15.2 Å². The number of aliphatic hydroxyl groups is 1. The van der Waals surface area contributed by atoms with Crippen molar-refractivity contribution in [2.45, 2.75) is 63.5 Å². The van der Waals surface area contributed by atoms with Crippen LogP contribution in [0, 0.1) is 4.91 Å². The van der Waals surface area contributed by atoms with E-state index >= 15 is 0 Å². The summed E-state index contributed by atoms with van der Waals surface area (Å²) in [5.41, 5.74) is 0.452. The Labute approximate surface area is 146 Å². The van der Waals surface area contributed by atoms with Crippen molar-refractivity contribution in [2.75, 3.05) is 6.54 Å². The Morgan fingerprint density at radius 1 is 1.50 bits per heavy atom. The topological polar surface area (TPSA) is 114 Å². The van der Waals surface area contributed by atoms with Gasteiger partial charge in [-0.15, -0.1) is 9.63 Å². The van der Waals surface area contributed by atoms with Crippen LogP contribution < -0.4 is 10.0 Å². The van der Waals surface area contributed by atoms with Crippen molar-refractivity contribution >= 4 is 17.3 Å². The Morgan fingerprint density at radius 2 is 2.21 bits per heavy atom. The molecule has 0 radical (unpaired) electrons. The van der Waals surface area contributed by atoms with Crippen LogP contribution >= 0.6 is 0 Å². The predicted octanol–water partition coefficient (Wildman–Crippen LogP) is 1.66. The van der Waals surface area contributed by atoms with E-state index in [4.69, 9.17) is 0 Å². The van der Waals surface area contributed by atoms with Gasteiger partial charge in [-0.3, -0.25) is 4.79 Å². The number of aliphatic hydroxyl groups excluding tert-OH is 1. The van der Waals surface area contributed by atoms with E-state index in [1.807, 2.05) is 20.8 Å². The van der Waals surface area contributed by atoms with E-state index in [1.165, 1.54) is 0 Å². The molecule has 0 spiro atoms. The third-order valence-corrected chi connectivity index (χ3v) is 5.07. The molecule has 24 heavy (non-hydrogen) atoms. The molecule has 1 aliphatic carbocycles. The fourth-order valence-electron chi connectivity index (χ4n) is 2.07. The standard InChI is InChI=1S/C16H27N3O4S/c1-16(2,3)24(23)17-11-5-4-6-14(20)18-13-9-7-12(8-10-13)15(21)19-22/h7-9,13,15,17,21H,4-6,10-11H2,1-3H3,(H,18,20)/t13?,15-,24?/m1/s1. The van der Waals surface area contributed by atoms with Crippen LogP contribution in [0.15, 0.2) is 29.0 Å². The number of hydrogen-bond acceptors (Lipinski definition) is 6. The number of nitrogens with zero attached hydrogens (tertiary/aromatic N) is 1. The minimum absolute atomic E-state index is 0.0486. The molecule has 0 saturated carbocycles. The second kappa shape index (κ2) is 9.93. The maximum Gasteiger partial charge on any atom is 0.220 e. The normalized spacial score (nSPS) is 20.2. The molecular weight excluding hydrogens is 330 g/mol. The highest BCUT2D eigenvalue weighted by molar-refractivity contribution is 7.90. The number of amides is 1. The number of rotatable bonds is 9. The molecule has 0 bridgehead atoms. The van der Waals surface area contributed by atoms with Gasteiger partial charge in [-0.05, 0) is 45.2 Å². The first-order chi connectivity index (χ1) is 11.2. The molecular formula is C16H27N3O4S. The summed E-state index contributed by atoms with van der Waals surface area (Å²) >= 11 is -1.08. The van der Waals surface area contributed by atoms with Crippen molar-refractivity contribution in [1.82, 2.24) is 10.0 Å². The predicted molar refractivity (Wildman–Crippen MR) is 95.3 cm³/mol. The van der Waals surface area contributed by atoms with Gasteiger partial charge in [-0.2, -0.15) is 0 Å². The Bertz CT molecular complexity index is 488. The zero-order valence-corrected chi connectivity index (χ0v) is 15.3. The van der Waals surface area contributed by atoms with E-state index in [9.17, 15) is 19.4 Å². The SMILES string of the molecule is CC(C)(C)[S+]([O-])NCCCCC(=O)NC1C=CC([C@@H](O)N=O)=CC1. The van der Waals surface area contributed by atoms with Gasteiger partial charge in [0, 0.05) is 29.9 Å². The summed E-state index contributed by atoms with van der Waals surface area (Å²) in [5, 5.41) is 14.7. The Morgan fingerprint density at radius 3 is 2.75 bits per heavy atom. The average Bonchev–Trinajstić information content (AvgIpc) is 2.53. The van der Waals surface area contributed by atoms with Crippen LogP contribution in [0.2, 0.25) is 0 Å². The van der Waals surface area contributed by atoms with Gasteiger partial charge >= 0.3 is 0 Å². The largest absolute Gasteiger partial charge is 0.598 e. The van der Waals surface area contributed by atoms with Gasteiger partial charge in [0.2, 0.25) is 12.1 Å². The van der Waals surface area contributed by atoms with Gasteiger partial charge < -0.3 is 15.0 Å². The summed E-state index contributed by atoms with van der Waals surface area (Å²) in [4.78, 5) is 22.1. The highest BCUT2D eigenvalue weighted by atomic mass is 32.2. The fourth-order valence-corrected chi connectivity index (χ4v) is 2.83. The molecule has 7 nitrogen and oxygen atoms in total. The quantitative estimate of drug-likeness (QED) is 0.330. The summed E-state index contributed by atoms with van der Waals surface area (Å²) in [6, 6.07) is -0.133. The van der Waals surface area contributed by atoms with Crippen LogP contribution in [0.4, 0.5) is 0 Å². The summed E-state index contributed by atoms with van der Waals surface area (Å²) in [7, 11) is 0. The van der Waals surface area contributed by atoms with Crippen LogP contribution in [0.5, 0.6) is 0 Å². The van der Waals surface area contributed by atoms with Gasteiger partial charge in [0.15, 0.2) is 0 Å². The highest BCUT2D eigenvalue weighted by Crippen LogP contribution is 2.15. The van der Waals surface area contributed by atoms with E-state index in [0.29, 0.717) is 31.4 Å². The Hall–Kier alpha value is -1.22. The van der Waals surface area contributed by atoms with Crippen LogP contribution in [-0.4, -0.2) is 39.1 Å². The number of unbranched alkanes of at least 4 members (excludes halogenated alkanes) is 1. The lowest BCUT2D eigenvalue weighted by molar-refractivity contribution is -0.121. The molecule has 136 valence electrons. The van der Waals surface area contributed by atoms with Crippen molar-refractivity contribution < 1.29 is 14.5 Å². The first-order valence-electron chi connectivity index (χ1n) is 8.07. The zero-order valence-electron chi connectivity index (χ0n) is 14.4. The second-order valence-corrected chi connectivity index (χ2v) is 8.74. The molecule has 3 N–H and O–H groups in total. The lowest BCUT2D eigenvalue weighted by Gasteiger charge is -2.23. The van der Waals surface area contributed by atoms with Crippen molar-refractivity contribution in [3.63, 3.8) is 0 Å². The van der Waals surface area contributed by atoms with Crippen LogP contribution in [0.1, 0.15) is 46.5 Å². The van der Waals surface area contributed by atoms with Gasteiger partial charge in [-0.25, -0.2) is 0 Å². The van der Waals surface area contributed by atoms with Crippen molar-refractivity contribution in [3.8, 4) is 0 Å². The number of hydrogen-bond donors (Lipinski definition) is 3. The van der Waals surface area contributed by atoms with Crippen LogP contribution in [0.25, 0.3) is 0 Å². The van der Waals surface area contributed by atoms with E-state index < -0.39 is 17.6 Å². The zero-order chi connectivity index (χ0) is 18.2. The molecule has 0 aliphatic heterocycles. The minimum atomic E-state index is -1.34. The van der Waals surface area contributed by atoms with Gasteiger partial charge in [0.1, 0.15) is 4.75 Å². The maximum absolute atomic E-state index is 11.9. The van der Waals surface area contributed by atoms with Gasteiger partial charge in [0.25, 0.3) is 0 Å². The van der Waals surface area contributed by atoms with E-state index in [0.717, 1.165) is 6.42 Å². The Balaban J connectivity index is 2.17.